The molecule has 2 heterocycles. The summed E-state index contributed by atoms with van der Waals surface area (Å²) in [5.41, 5.74) is 2.14. The van der Waals surface area contributed by atoms with Gasteiger partial charge in [-0.05, 0) is 38.0 Å². The maximum absolute atomic E-state index is 12.4. The monoisotopic (exact) mass is 379 g/mol. The lowest BCUT2D eigenvalue weighted by Crippen LogP contribution is -2.40. The Morgan fingerprint density at radius 3 is 2.92 bits per heavy atom. The van der Waals surface area contributed by atoms with Crippen molar-refractivity contribution >= 4 is 27.5 Å². The van der Waals surface area contributed by atoms with Gasteiger partial charge in [0.15, 0.2) is 15.0 Å². The number of benzene rings is 1. The molecule has 134 valence electrons. The molecule has 25 heavy (non-hydrogen) atoms. The van der Waals surface area contributed by atoms with Gasteiger partial charge in [-0.25, -0.2) is 13.4 Å². The second-order valence-corrected chi connectivity index (χ2v) is 9.82. The van der Waals surface area contributed by atoms with Crippen LogP contribution in [-0.2, 0) is 14.6 Å². The number of hydrogen-bond donors (Lipinski definition) is 1. The molecule has 0 bridgehead atoms. The fourth-order valence-electron chi connectivity index (χ4n) is 2.79. The van der Waals surface area contributed by atoms with Crippen molar-refractivity contribution in [2.24, 2.45) is 0 Å². The van der Waals surface area contributed by atoms with Gasteiger partial charge in [-0.15, -0.1) is 0 Å². The van der Waals surface area contributed by atoms with E-state index in [1.165, 1.54) is 11.8 Å². The van der Waals surface area contributed by atoms with Crippen LogP contribution in [-0.4, -0.2) is 46.7 Å². The van der Waals surface area contributed by atoms with Gasteiger partial charge in [0.1, 0.15) is 0 Å². The van der Waals surface area contributed by atoms with Gasteiger partial charge < -0.3 is 5.32 Å². The number of thioether (sulfide) groups is 1. The van der Waals surface area contributed by atoms with Gasteiger partial charge in [0.05, 0.1) is 16.8 Å². The number of sulfone groups is 1. The Morgan fingerprint density at radius 1 is 1.44 bits per heavy atom. The Kier molecular flexibility index (Phi) is 5.19. The maximum Gasteiger partial charge on any atom is 0.233 e. The van der Waals surface area contributed by atoms with Crippen molar-refractivity contribution in [3.63, 3.8) is 0 Å². The maximum atomic E-state index is 12.4. The van der Waals surface area contributed by atoms with E-state index in [4.69, 9.17) is 0 Å². The zero-order chi connectivity index (χ0) is 18.0. The lowest BCUT2D eigenvalue weighted by Gasteiger charge is -2.16. The molecule has 3 rings (SSSR count). The fraction of sp³-hybridized carbons (Fsp3) is 0.412. The number of carbonyl (C=O) groups excluding carboxylic acids is 1. The average Bonchev–Trinajstić information content (AvgIpc) is 3.13. The van der Waals surface area contributed by atoms with Crippen molar-refractivity contribution < 1.29 is 13.2 Å². The molecule has 1 amide bonds. The van der Waals surface area contributed by atoms with E-state index in [0.29, 0.717) is 6.42 Å². The van der Waals surface area contributed by atoms with Crippen LogP contribution >= 0.6 is 11.8 Å². The van der Waals surface area contributed by atoms with E-state index >= 15 is 0 Å². The first-order chi connectivity index (χ1) is 11.8. The summed E-state index contributed by atoms with van der Waals surface area (Å²) in [5.74, 6) is 0.0246. The lowest BCUT2D eigenvalue weighted by molar-refractivity contribution is -0.120. The van der Waals surface area contributed by atoms with Gasteiger partial charge in [0.25, 0.3) is 0 Å². The molecule has 1 N–H and O–H groups in total. The summed E-state index contributed by atoms with van der Waals surface area (Å²) in [7, 11) is -3.00. The highest BCUT2D eigenvalue weighted by molar-refractivity contribution is 8.00. The number of rotatable bonds is 5. The van der Waals surface area contributed by atoms with E-state index < -0.39 is 9.84 Å². The summed E-state index contributed by atoms with van der Waals surface area (Å²) in [5, 5.41) is 3.20. The third-order valence-corrected chi connectivity index (χ3v) is 6.97. The number of aryl methyl sites for hydroxylation is 1. The van der Waals surface area contributed by atoms with Crippen LogP contribution in [0.2, 0.25) is 0 Å². The summed E-state index contributed by atoms with van der Waals surface area (Å²) in [6.07, 6.45) is 4.06. The molecule has 0 spiro atoms. The number of amides is 1. The Labute approximate surface area is 152 Å². The third-order valence-electron chi connectivity index (χ3n) is 4.12. The number of aromatic nitrogens is 2. The van der Waals surface area contributed by atoms with Crippen molar-refractivity contribution in [3.05, 3.63) is 42.2 Å². The highest BCUT2D eigenvalue weighted by atomic mass is 32.2. The van der Waals surface area contributed by atoms with Crippen molar-refractivity contribution in [1.82, 2.24) is 14.9 Å². The second kappa shape index (κ2) is 7.21. The molecule has 8 heteroatoms. The van der Waals surface area contributed by atoms with Crippen LogP contribution in [0.25, 0.3) is 5.69 Å². The van der Waals surface area contributed by atoms with Gasteiger partial charge in [0.2, 0.25) is 5.91 Å². The molecule has 1 aromatic heterocycles. The third kappa shape index (κ3) is 4.43. The summed E-state index contributed by atoms with van der Waals surface area (Å²) in [4.78, 5) is 16.7. The van der Waals surface area contributed by atoms with Gasteiger partial charge in [0, 0.05) is 24.1 Å². The normalized spacial score (nSPS) is 20.3. The molecular formula is C17H21N3O3S2. The molecule has 1 saturated heterocycles. The lowest BCUT2D eigenvalue weighted by atomic mass is 10.2. The van der Waals surface area contributed by atoms with E-state index in [9.17, 15) is 13.2 Å². The topological polar surface area (TPSA) is 81.1 Å². The SMILES string of the molecule is Cc1cccc(-n2ccnc2SC(C)C(=O)NC2CCS(=O)(=O)C2)c1. The molecule has 1 aliphatic rings. The standard InChI is InChI=1S/C17H21N3O3S2/c1-12-4-3-5-15(10-12)20-8-7-18-17(20)24-13(2)16(21)19-14-6-9-25(22,23)11-14/h3-5,7-8,10,13-14H,6,9,11H2,1-2H3,(H,19,21). The highest BCUT2D eigenvalue weighted by Gasteiger charge is 2.30. The predicted molar refractivity (Wildman–Crippen MR) is 98.8 cm³/mol. The smallest absolute Gasteiger partial charge is 0.233 e. The first-order valence-corrected chi connectivity index (χ1v) is 10.8. The largest absolute Gasteiger partial charge is 0.351 e. The quantitative estimate of drug-likeness (QED) is 0.803. The summed E-state index contributed by atoms with van der Waals surface area (Å²) in [6, 6.07) is 7.78. The van der Waals surface area contributed by atoms with Crippen LogP contribution < -0.4 is 5.32 Å². The molecule has 0 radical (unpaired) electrons. The summed E-state index contributed by atoms with van der Waals surface area (Å²) in [6.45, 7) is 3.83. The van der Waals surface area contributed by atoms with Gasteiger partial charge >= 0.3 is 0 Å². The van der Waals surface area contributed by atoms with E-state index in [1.54, 1.807) is 13.1 Å². The van der Waals surface area contributed by atoms with Crippen molar-refractivity contribution in [2.75, 3.05) is 11.5 Å². The molecule has 2 atom stereocenters. The first kappa shape index (κ1) is 18.0. The highest BCUT2D eigenvalue weighted by Crippen LogP contribution is 2.25. The van der Waals surface area contributed by atoms with Crippen LogP contribution in [0.4, 0.5) is 0 Å². The van der Waals surface area contributed by atoms with Crippen LogP contribution in [0.3, 0.4) is 0 Å². The Bertz CT molecular complexity index is 877. The molecule has 6 nitrogen and oxygen atoms in total. The molecule has 2 unspecified atom stereocenters. The Balaban J connectivity index is 1.66. The van der Waals surface area contributed by atoms with Crippen LogP contribution in [0.1, 0.15) is 18.9 Å². The minimum atomic E-state index is -3.00. The van der Waals surface area contributed by atoms with Gasteiger partial charge in [-0.2, -0.15) is 0 Å². The average molecular weight is 380 g/mol. The second-order valence-electron chi connectivity index (χ2n) is 6.29. The van der Waals surface area contributed by atoms with Crippen LogP contribution in [0, 0.1) is 6.92 Å². The molecule has 0 aliphatic carbocycles. The summed E-state index contributed by atoms with van der Waals surface area (Å²) >= 11 is 1.36. The zero-order valence-electron chi connectivity index (χ0n) is 14.2. The number of nitrogens with one attached hydrogen (secondary N) is 1. The Morgan fingerprint density at radius 2 is 2.24 bits per heavy atom. The van der Waals surface area contributed by atoms with Crippen molar-refractivity contribution in [2.45, 2.75) is 36.7 Å². The minimum absolute atomic E-state index is 0.0358. The molecular weight excluding hydrogens is 358 g/mol. The van der Waals surface area contributed by atoms with Crippen LogP contribution in [0.15, 0.2) is 41.8 Å². The van der Waals surface area contributed by atoms with Crippen molar-refractivity contribution in [1.29, 1.82) is 0 Å². The number of nitrogens with zero attached hydrogens (tertiary/aromatic N) is 2. The number of imidazole rings is 1. The zero-order valence-corrected chi connectivity index (χ0v) is 15.8. The number of hydrogen-bond acceptors (Lipinski definition) is 5. The molecule has 1 aliphatic heterocycles. The molecule has 0 saturated carbocycles. The van der Waals surface area contributed by atoms with E-state index in [2.05, 4.69) is 16.4 Å². The minimum Gasteiger partial charge on any atom is -0.351 e. The number of carbonyl (C=O) groups is 1. The van der Waals surface area contributed by atoms with E-state index in [0.717, 1.165) is 16.4 Å². The molecule has 2 aromatic rings. The first-order valence-electron chi connectivity index (χ1n) is 8.12. The van der Waals surface area contributed by atoms with E-state index in [1.807, 2.05) is 35.9 Å². The Hall–Kier alpha value is -1.80. The molecule has 1 fully saturated rings. The fourth-order valence-corrected chi connectivity index (χ4v) is 5.36. The van der Waals surface area contributed by atoms with Crippen molar-refractivity contribution in [3.8, 4) is 5.69 Å². The molecule has 1 aromatic carbocycles. The van der Waals surface area contributed by atoms with Gasteiger partial charge in [-0.1, -0.05) is 23.9 Å². The predicted octanol–water partition coefficient (Wildman–Crippen LogP) is 1.96. The van der Waals surface area contributed by atoms with Gasteiger partial charge in [-0.3, -0.25) is 9.36 Å². The summed E-state index contributed by atoms with van der Waals surface area (Å²) < 4.78 is 25.0. The van der Waals surface area contributed by atoms with Crippen LogP contribution in [0.5, 0.6) is 0 Å². The van der Waals surface area contributed by atoms with E-state index in [-0.39, 0.29) is 28.7 Å².